The fraction of sp³-hybridized carbons (Fsp3) is 0.300. The molecule has 0 radical (unpaired) electrons. The number of benzene rings is 1. The summed E-state index contributed by atoms with van der Waals surface area (Å²) in [6.07, 6.45) is 3.21. The van der Waals surface area contributed by atoms with Crippen LogP contribution in [-0.2, 0) is 17.8 Å². The van der Waals surface area contributed by atoms with Crippen LogP contribution >= 0.6 is 11.3 Å². The molecule has 0 spiro atoms. The average molecular weight is 414 g/mol. The maximum Gasteiger partial charge on any atom is 0.286 e. The number of rotatable bonds is 9. The standard InChI is InChI=1S/C20H22N4O4S/c1-24(13-16-5-4-12-28-16)18(25)7-3-6-17-22-23-20(29-17)19(26)21-14-8-10-15(27-2)11-9-14/h4-5,8-12H,3,6-7,13H2,1-2H3,(H,21,26). The van der Waals surface area contributed by atoms with Gasteiger partial charge in [-0.15, -0.1) is 10.2 Å². The second-order valence-electron chi connectivity index (χ2n) is 6.37. The fourth-order valence-electron chi connectivity index (χ4n) is 2.61. The number of carbonyl (C=O) groups is 2. The Morgan fingerprint density at radius 1 is 1.21 bits per heavy atom. The molecule has 0 saturated carbocycles. The van der Waals surface area contributed by atoms with Crippen molar-refractivity contribution in [2.45, 2.75) is 25.8 Å². The van der Waals surface area contributed by atoms with Crippen LogP contribution in [0, 0.1) is 0 Å². The summed E-state index contributed by atoms with van der Waals surface area (Å²) in [7, 11) is 3.33. The number of nitrogens with zero attached hydrogens (tertiary/aromatic N) is 3. The first-order chi connectivity index (χ1) is 14.0. The van der Waals surface area contributed by atoms with Crippen LogP contribution in [0.25, 0.3) is 0 Å². The van der Waals surface area contributed by atoms with Crippen molar-refractivity contribution in [2.24, 2.45) is 0 Å². The van der Waals surface area contributed by atoms with Crippen molar-refractivity contribution in [2.75, 3.05) is 19.5 Å². The molecule has 9 heteroatoms. The minimum absolute atomic E-state index is 0.0309. The molecule has 3 rings (SSSR count). The molecule has 0 unspecified atom stereocenters. The second kappa shape index (κ2) is 9.83. The zero-order chi connectivity index (χ0) is 20.6. The molecule has 2 aromatic heterocycles. The molecule has 1 N–H and O–H groups in total. The lowest BCUT2D eigenvalue weighted by Crippen LogP contribution is -2.25. The third kappa shape index (κ3) is 5.89. The number of hydrogen-bond donors (Lipinski definition) is 1. The Bertz CT molecular complexity index is 938. The molecule has 1 aromatic carbocycles. The summed E-state index contributed by atoms with van der Waals surface area (Å²) in [5.74, 6) is 1.18. The van der Waals surface area contributed by atoms with E-state index in [0.29, 0.717) is 37.2 Å². The zero-order valence-corrected chi connectivity index (χ0v) is 17.1. The van der Waals surface area contributed by atoms with E-state index >= 15 is 0 Å². The number of anilines is 1. The summed E-state index contributed by atoms with van der Waals surface area (Å²) < 4.78 is 10.3. The first-order valence-corrected chi connectivity index (χ1v) is 9.91. The van der Waals surface area contributed by atoms with Crippen LogP contribution in [-0.4, -0.2) is 41.1 Å². The highest BCUT2D eigenvalue weighted by Crippen LogP contribution is 2.18. The van der Waals surface area contributed by atoms with Crippen LogP contribution in [0.15, 0.2) is 47.1 Å². The Kier molecular flexibility index (Phi) is 6.96. The van der Waals surface area contributed by atoms with E-state index in [9.17, 15) is 9.59 Å². The first-order valence-electron chi connectivity index (χ1n) is 9.09. The number of amides is 2. The van der Waals surface area contributed by atoms with Crippen LogP contribution in [0.4, 0.5) is 5.69 Å². The maximum absolute atomic E-state index is 12.3. The molecular formula is C20H22N4O4S. The lowest BCUT2D eigenvalue weighted by atomic mass is 10.2. The van der Waals surface area contributed by atoms with E-state index in [1.165, 1.54) is 11.3 Å². The SMILES string of the molecule is COc1ccc(NC(=O)c2nnc(CCCC(=O)N(C)Cc3ccco3)s2)cc1. The van der Waals surface area contributed by atoms with Crippen molar-refractivity contribution in [3.63, 3.8) is 0 Å². The van der Waals surface area contributed by atoms with Crippen LogP contribution in [0.5, 0.6) is 5.75 Å². The van der Waals surface area contributed by atoms with Crippen LogP contribution in [0.3, 0.4) is 0 Å². The molecule has 2 amide bonds. The molecule has 0 bridgehead atoms. The van der Waals surface area contributed by atoms with Gasteiger partial charge in [0.05, 0.1) is 19.9 Å². The Labute approximate surface area is 172 Å². The number of carbonyl (C=O) groups excluding carboxylic acids is 2. The lowest BCUT2D eigenvalue weighted by Gasteiger charge is -2.15. The molecule has 0 aliphatic carbocycles. The fourth-order valence-corrected chi connectivity index (χ4v) is 3.39. The summed E-state index contributed by atoms with van der Waals surface area (Å²) in [5.41, 5.74) is 0.651. The largest absolute Gasteiger partial charge is 0.497 e. The zero-order valence-electron chi connectivity index (χ0n) is 16.3. The van der Waals surface area contributed by atoms with Gasteiger partial charge in [0.2, 0.25) is 10.9 Å². The van der Waals surface area contributed by atoms with Gasteiger partial charge in [-0.2, -0.15) is 0 Å². The van der Waals surface area contributed by atoms with Gasteiger partial charge in [0.15, 0.2) is 0 Å². The van der Waals surface area contributed by atoms with E-state index in [4.69, 9.17) is 9.15 Å². The number of furan rings is 1. The topological polar surface area (TPSA) is 97.6 Å². The van der Waals surface area contributed by atoms with Gasteiger partial charge in [0.1, 0.15) is 16.5 Å². The number of aromatic nitrogens is 2. The van der Waals surface area contributed by atoms with E-state index in [-0.39, 0.29) is 16.8 Å². The molecular weight excluding hydrogens is 392 g/mol. The van der Waals surface area contributed by atoms with Crippen molar-refractivity contribution >= 4 is 28.8 Å². The number of nitrogens with one attached hydrogen (secondary N) is 1. The Balaban J connectivity index is 1.44. The number of aryl methyl sites for hydroxylation is 1. The monoisotopic (exact) mass is 414 g/mol. The van der Waals surface area contributed by atoms with Crippen LogP contribution in [0.1, 0.15) is 33.4 Å². The molecule has 2 heterocycles. The molecule has 8 nitrogen and oxygen atoms in total. The molecule has 0 atom stereocenters. The summed E-state index contributed by atoms with van der Waals surface area (Å²) in [5, 5.41) is 11.8. The van der Waals surface area contributed by atoms with Gasteiger partial charge < -0.3 is 19.4 Å². The molecule has 29 heavy (non-hydrogen) atoms. The third-order valence-corrected chi connectivity index (χ3v) is 5.17. The van der Waals surface area contributed by atoms with Crippen LogP contribution in [0.2, 0.25) is 0 Å². The first kappa shape index (κ1) is 20.5. The van der Waals surface area contributed by atoms with Crippen LogP contribution < -0.4 is 10.1 Å². The van der Waals surface area contributed by atoms with Crippen molar-refractivity contribution in [1.29, 1.82) is 0 Å². The van der Waals surface area contributed by atoms with Gasteiger partial charge in [-0.3, -0.25) is 9.59 Å². The van der Waals surface area contributed by atoms with E-state index < -0.39 is 0 Å². The Morgan fingerprint density at radius 2 is 2.00 bits per heavy atom. The highest BCUT2D eigenvalue weighted by Gasteiger charge is 2.15. The van der Waals surface area contributed by atoms with Gasteiger partial charge in [0, 0.05) is 25.6 Å². The van der Waals surface area contributed by atoms with Gasteiger partial charge in [-0.25, -0.2) is 0 Å². The van der Waals surface area contributed by atoms with Gasteiger partial charge in [-0.05, 0) is 42.8 Å². The minimum Gasteiger partial charge on any atom is -0.497 e. The predicted molar refractivity (Wildman–Crippen MR) is 109 cm³/mol. The molecule has 0 aliphatic rings. The number of ether oxygens (including phenoxy) is 1. The van der Waals surface area contributed by atoms with Crippen molar-refractivity contribution in [3.8, 4) is 5.75 Å². The number of hydrogen-bond acceptors (Lipinski definition) is 7. The highest BCUT2D eigenvalue weighted by molar-refractivity contribution is 7.13. The summed E-state index contributed by atoms with van der Waals surface area (Å²) in [6.45, 7) is 0.445. The Hall–Kier alpha value is -3.20. The lowest BCUT2D eigenvalue weighted by molar-refractivity contribution is -0.130. The normalized spacial score (nSPS) is 10.6. The van der Waals surface area contributed by atoms with Gasteiger partial charge in [-0.1, -0.05) is 11.3 Å². The summed E-state index contributed by atoms with van der Waals surface area (Å²) >= 11 is 1.23. The molecule has 0 aliphatic heterocycles. The van der Waals surface area contributed by atoms with E-state index in [0.717, 1.165) is 10.8 Å². The quantitative estimate of drug-likeness (QED) is 0.576. The van der Waals surface area contributed by atoms with E-state index in [1.54, 1.807) is 55.7 Å². The molecule has 152 valence electrons. The maximum atomic E-state index is 12.3. The Morgan fingerprint density at radius 3 is 2.69 bits per heavy atom. The average Bonchev–Trinajstić information content (AvgIpc) is 3.40. The van der Waals surface area contributed by atoms with E-state index in [2.05, 4.69) is 15.5 Å². The molecule has 0 saturated heterocycles. The van der Waals surface area contributed by atoms with Crippen molar-refractivity contribution in [1.82, 2.24) is 15.1 Å². The smallest absolute Gasteiger partial charge is 0.286 e. The third-order valence-electron chi connectivity index (χ3n) is 4.19. The van der Waals surface area contributed by atoms with Crippen molar-refractivity contribution < 1.29 is 18.7 Å². The predicted octanol–water partition coefficient (Wildman–Crippen LogP) is 3.37. The van der Waals surface area contributed by atoms with E-state index in [1.807, 2.05) is 6.07 Å². The summed E-state index contributed by atoms with van der Waals surface area (Å²) in [6, 6.07) is 10.7. The molecule has 0 fully saturated rings. The second-order valence-corrected chi connectivity index (χ2v) is 7.43. The number of methoxy groups -OCH3 is 1. The highest BCUT2D eigenvalue weighted by atomic mass is 32.1. The minimum atomic E-state index is -0.312. The molecule has 3 aromatic rings. The van der Waals surface area contributed by atoms with Gasteiger partial charge in [0.25, 0.3) is 5.91 Å². The van der Waals surface area contributed by atoms with Crippen molar-refractivity contribution in [3.05, 3.63) is 58.4 Å². The summed E-state index contributed by atoms with van der Waals surface area (Å²) in [4.78, 5) is 26.1. The van der Waals surface area contributed by atoms with Gasteiger partial charge >= 0.3 is 0 Å².